The SMILES string of the molecule is CC1(C)OC(=O)N(c2ccc(-c3cc(-c4ncccn4)ncc3F)cc2)[C@H]1c1ccccc1. The average Bonchev–Trinajstić information content (AvgIpc) is 3.08. The van der Waals surface area contributed by atoms with Gasteiger partial charge < -0.3 is 4.74 Å². The minimum absolute atomic E-state index is 0.295. The van der Waals surface area contributed by atoms with Gasteiger partial charge in [-0.15, -0.1) is 0 Å². The molecule has 0 spiro atoms. The topological polar surface area (TPSA) is 68.2 Å². The minimum atomic E-state index is -0.709. The van der Waals surface area contributed by atoms with E-state index in [2.05, 4.69) is 15.0 Å². The molecule has 0 radical (unpaired) electrons. The van der Waals surface area contributed by atoms with Crippen molar-refractivity contribution in [3.8, 4) is 22.6 Å². The highest BCUT2D eigenvalue weighted by Gasteiger charge is 2.49. The third-order valence-corrected chi connectivity index (χ3v) is 5.69. The number of pyridine rings is 1. The van der Waals surface area contributed by atoms with Crippen LogP contribution in [0.2, 0.25) is 0 Å². The Labute approximate surface area is 190 Å². The van der Waals surface area contributed by atoms with Crippen LogP contribution in [0.3, 0.4) is 0 Å². The number of hydrogen-bond acceptors (Lipinski definition) is 5. The monoisotopic (exact) mass is 440 g/mol. The summed E-state index contributed by atoms with van der Waals surface area (Å²) in [5.74, 6) is -0.0329. The lowest BCUT2D eigenvalue weighted by molar-refractivity contribution is 0.0685. The maximum absolute atomic E-state index is 14.6. The van der Waals surface area contributed by atoms with E-state index in [1.54, 1.807) is 53.7 Å². The van der Waals surface area contributed by atoms with Gasteiger partial charge in [0.15, 0.2) is 5.82 Å². The molecule has 2 aromatic heterocycles. The fourth-order valence-corrected chi connectivity index (χ4v) is 4.20. The number of amides is 1. The van der Waals surface area contributed by atoms with Gasteiger partial charge in [0.25, 0.3) is 0 Å². The van der Waals surface area contributed by atoms with Crippen molar-refractivity contribution >= 4 is 11.8 Å². The number of cyclic esters (lactones) is 1. The van der Waals surface area contributed by atoms with Gasteiger partial charge in [-0.05, 0) is 49.2 Å². The van der Waals surface area contributed by atoms with Crippen molar-refractivity contribution in [3.05, 3.63) is 96.7 Å². The molecule has 0 saturated carbocycles. The molecular formula is C26H21FN4O2. The van der Waals surface area contributed by atoms with E-state index < -0.39 is 17.5 Å². The van der Waals surface area contributed by atoms with Gasteiger partial charge in [-0.25, -0.2) is 24.1 Å². The fourth-order valence-electron chi connectivity index (χ4n) is 4.20. The van der Waals surface area contributed by atoms with E-state index in [4.69, 9.17) is 4.74 Å². The molecule has 0 N–H and O–H groups in total. The van der Waals surface area contributed by atoms with E-state index in [0.29, 0.717) is 28.3 Å². The van der Waals surface area contributed by atoms with Crippen molar-refractivity contribution in [1.29, 1.82) is 0 Å². The van der Waals surface area contributed by atoms with Crippen molar-refractivity contribution in [3.63, 3.8) is 0 Å². The van der Waals surface area contributed by atoms with Crippen molar-refractivity contribution in [2.45, 2.75) is 25.5 Å². The van der Waals surface area contributed by atoms with E-state index in [9.17, 15) is 9.18 Å². The minimum Gasteiger partial charge on any atom is -0.441 e. The van der Waals surface area contributed by atoms with Crippen LogP contribution in [0.1, 0.15) is 25.5 Å². The maximum Gasteiger partial charge on any atom is 0.415 e. The van der Waals surface area contributed by atoms with Crippen LogP contribution >= 0.6 is 0 Å². The van der Waals surface area contributed by atoms with E-state index in [1.165, 1.54) is 6.20 Å². The molecule has 0 bridgehead atoms. The Morgan fingerprint density at radius 3 is 2.33 bits per heavy atom. The first kappa shape index (κ1) is 20.8. The average molecular weight is 440 g/mol. The number of rotatable bonds is 4. The summed E-state index contributed by atoms with van der Waals surface area (Å²) in [6.07, 6.45) is 3.98. The van der Waals surface area contributed by atoms with Crippen LogP contribution in [-0.4, -0.2) is 26.6 Å². The van der Waals surface area contributed by atoms with Gasteiger partial charge >= 0.3 is 6.09 Å². The summed E-state index contributed by atoms with van der Waals surface area (Å²) in [7, 11) is 0. The van der Waals surface area contributed by atoms with E-state index >= 15 is 0 Å². The van der Waals surface area contributed by atoms with Crippen LogP contribution in [-0.2, 0) is 4.74 Å². The van der Waals surface area contributed by atoms with Gasteiger partial charge in [0, 0.05) is 23.6 Å². The van der Waals surface area contributed by atoms with Crippen molar-refractivity contribution in [2.75, 3.05) is 4.90 Å². The number of carbonyl (C=O) groups is 1. The molecule has 164 valence electrons. The summed E-state index contributed by atoms with van der Waals surface area (Å²) in [6.45, 7) is 3.80. The predicted molar refractivity (Wildman–Crippen MR) is 123 cm³/mol. The molecule has 6 nitrogen and oxygen atoms in total. The first-order chi connectivity index (χ1) is 15.9. The first-order valence-corrected chi connectivity index (χ1v) is 10.5. The Morgan fingerprint density at radius 2 is 1.64 bits per heavy atom. The number of benzene rings is 2. The summed E-state index contributed by atoms with van der Waals surface area (Å²) in [5, 5.41) is 0. The molecule has 5 rings (SSSR count). The van der Waals surface area contributed by atoms with Crippen LogP contribution < -0.4 is 4.90 Å². The summed E-state index contributed by atoms with van der Waals surface area (Å²) in [5.41, 5.74) is 2.44. The Bertz CT molecular complexity index is 1300. The quantitative estimate of drug-likeness (QED) is 0.400. The largest absolute Gasteiger partial charge is 0.441 e. The molecule has 4 aromatic rings. The molecule has 1 saturated heterocycles. The van der Waals surface area contributed by atoms with E-state index in [0.717, 1.165) is 5.56 Å². The highest BCUT2D eigenvalue weighted by molar-refractivity contribution is 5.92. The summed E-state index contributed by atoms with van der Waals surface area (Å²) >= 11 is 0. The van der Waals surface area contributed by atoms with Gasteiger partial charge in [-0.1, -0.05) is 42.5 Å². The van der Waals surface area contributed by atoms with Gasteiger partial charge in [0.2, 0.25) is 0 Å². The van der Waals surface area contributed by atoms with Crippen LogP contribution in [0.5, 0.6) is 0 Å². The Kier molecular flexibility index (Phi) is 5.09. The second-order valence-corrected chi connectivity index (χ2v) is 8.32. The number of nitrogens with zero attached hydrogens (tertiary/aromatic N) is 4. The molecule has 7 heteroatoms. The number of ether oxygens (including phenoxy) is 1. The first-order valence-electron chi connectivity index (χ1n) is 10.5. The van der Waals surface area contributed by atoms with Crippen molar-refractivity contribution in [1.82, 2.24) is 15.0 Å². The predicted octanol–water partition coefficient (Wildman–Crippen LogP) is 5.82. The molecule has 3 heterocycles. The van der Waals surface area contributed by atoms with Crippen molar-refractivity contribution < 1.29 is 13.9 Å². The lowest BCUT2D eigenvalue weighted by atomic mass is 9.91. The molecule has 1 atom stereocenters. The second kappa shape index (κ2) is 8.09. The van der Waals surface area contributed by atoms with Gasteiger partial charge in [-0.2, -0.15) is 0 Å². The third kappa shape index (κ3) is 3.82. The van der Waals surface area contributed by atoms with Gasteiger partial charge in [0.05, 0.1) is 6.20 Å². The standard InChI is InChI=1S/C26H21FN4O2/c1-26(2)23(18-7-4-3-5-8-18)31(25(32)33-26)19-11-9-17(10-12-19)20-15-22(30-16-21(20)27)24-28-13-6-14-29-24/h3-16,23H,1-2H3/t23-/m0/s1. The number of aromatic nitrogens is 3. The van der Waals surface area contributed by atoms with Gasteiger partial charge in [0.1, 0.15) is 23.2 Å². The fraction of sp³-hybridized carbons (Fsp3) is 0.154. The van der Waals surface area contributed by atoms with Crippen LogP contribution in [0.25, 0.3) is 22.6 Å². The van der Waals surface area contributed by atoms with Crippen molar-refractivity contribution in [2.24, 2.45) is 0 Å². The smallest absolute Gasteiger partial charge is 0.415 e. The number of hydrogen-bond donors (Lipinski definition) is 0. The van der Waals surface area contributed by atoms with Gasteiger partial charge in [-0.3, -0.25) is 4.90 Å². The highest BCUT2D eigenvalue weighted by atomic mass is 19.1. The zero-order valence-corrected chi connectivity index (χ0v) is 18.1. The molecule has 0 unspecified atom stereocenters. The lowest BCUT2D eigenvalue weighted by Gasteiger charge is -2.29. The zero-order chi connectivity index (χ0) is 23.0. The van der Waals surface area contributed by atoms with Crippen LogP contribution in [0.15, 0.2) is 85.3 Å². The Hall–Kier alpha value is -4.13. The molecular weight excluding hydrogens is 419 g/mol. The Morgan fingerprint density at radius 1 is 0.939 bits per heavy atom. The number of halogens is 1. The Balaban J connectivity index is 1.51. The number of anilines is 1. The normalized spacial score (nSPS) is 17.1. The van der Waals surface area contributed by atoms with Crippen LogP contribution in [0.4, 0.5) is 14.9 Å². The molecule has 1 aliphatic rings. The molecule has 33 heavy (non-hydrogen) atoms. The molecule has 1 aliphatic heterocycles. The third-order valence-electron chi connectivity index (χ3n) is 5.69. The van der Waals surface area contributed by atoms with E-state index in [1.807, 2.05) is 44.2 Å². The second-order valence-electron chi connectivity index (χ2n) is 8.32. The molecule has 2 aromatic carbocycles. The zero-order valence-electron chi connectivity index (χ0n) is 18.1. The number of carbonyl (C=O) groups excluding carboxylic acids is 1. The van der Waals surface area contributed by atoms with Crippen LogP contribution in [0, 0.1) is 5.82 Å². The molecule has 1 fully saturated rings. The highest BCUT2D eigenvalue weighted by Crippen LogP contribution is 2.44. The van der Waals surface area contributed by atoms with E-state index in [-0.39, 0.29) is 6.04 Å². The summed E-state index contributed by atoms with van der Waals surface area (Å²) < 4.78 is 20.3. The molecule has 0 aliphatic carbocycles. The maximum atomic E-state index is 14.6. The lowest BCUT2D eigenvalue weighted by Crippen LogP contribution is -2.33. The summed E-state index contributed by atoms with van der Waals surface area (Å²) in [6, 6.07) is 20.0. The summed E-state index contributed by atoms with van der Waals surface area (Å²) in [4.78, 5) is 26.9. The molecule has 1 amide bonds.